The van der Waals surface area contributed by atoms with E-state index in [1.165, 1.54) is 4.68 Å². The summed E-state index contributed by atoms with van der Waals surface area (Å²) in [4.78, 5) is 12.1. The van der Waals surface area contributed by atoms with Crippen molar-refractivity contribution < 1.29 is 0 Å². The molecule has 0 aliphatic carbocycles. The Morgan fingerprint density at radius 2 is 2.06 bits per heavy atom. The number of H-pyrrole nitrogens is 1. The monoisotopic (exact) mass is 229 g/mol. The van der Waals surface area contributed by atoms with Gasteiger partial charge in [-0.2, -0.15) is 0 Å². The number of anilines is 1. The van der Waals surface area contributed by atoms with Crippen LogP contribution in [0, 0.1) is 6.92 Å². The van der Waals surface area contributed by atoms with Gasteiger partial charge in [-0.25, -0.2) is 4.68 Å². The molecule has 0 aliphatic heterocycles. The molecule has 17 heavy (non-hydrogen) atoms. The van der Waals surface area contributed by atoms with Crippen LogP contribution in [0.15, 0.2) is 41.7 Å². The van der Waals surface area contributed by atoms with E-state index in [9.17, 15) is 4.79 Å². The molecular weight excluding hydrogens is 214 g/mol. The van der Waals surface area contributed by atoms with Gasteiger partial charge < -0.3 is 5.73 Å². The number of aromatic nitrogens is 2. The van der Waals surface area contributed by atoms with Crippen molar-refractivity contribution in [1.29, 1.82) is 0 Å². The summed E-state index contributed by atoms with van der Waals surface area (Å²) in [6.45, 7) is 5.54. The summed E-state index contributed by atoms with van der Waals surface area (Å²) in [6, 6.07) is 7.16. The summed E-state index contributed by atoms with van der Waals surface area (Å²) in [6.07, 6.45) is 2.30. The third kappa shape index (κ3) is 2.01. The molecule has 0 unspecified atom stereocenters. The van der Waals surface area contributed by atoms with Crippen molar-refractivity contribution >= 4 is 5.69 Å². The second-order valence-corrected chi connectivity index (χ2v) is 3.94. The fourth-order valence-corrected chi connectivity index (χ4v) is 1.77. The normalized spacial score (nSPS) is 10.4. The van der Waals surface area contributed by atoms with E-state index in [4.69, 9.17) is 5.73 Å². The zero-order valence-electron chi connectivity index (χ0n) is 9.73. The van der Waals surface area contributed by atoms with Crippen molar-refractivity contribution in [2.24, 2.45) is 0 Å². The minimum atomic E-state index is -0.0350. The maximum absolute atomic E-state index is 12.1. The number of nitrogens with one attached hydrogen (secondary N) is 1. The molecule has 1 aromatic carbocycles. The SMILES string of the molecule is C=CCc1c(C)[nH]n(-c2ccc(N)cc2)c1=O. The predicted octanol–water partition coefficient (Wildman–Crippen LogP) is 1.78. The molecular formula is C13H15N3O. The van der Waals surface area contributed by atoms with Crippen LogP contribution in [0.2, 0.25) is 0 Å². The summed E-state index contributed by atoms with van der Waals surface area (Å²) in [5.41, 5.74) is 8.65. The Labute approximate surface area is 99.4 Å². The maximum Gasteiger partial charge on any atom is 0.274 e. The summed E-state index contributed by atoms with van der Waals surface area (Å²) < 4.78 is 1.52. The number of benzene rings is 1. The molecule has 3 N–H and O–H groups in total. The molecule has 0 spiro atoms. The molecule has 2 rings (SSSR count). The van der Waals surface area contributed by atoms with E-state index in [1.807, 2.05) is 19.1 Å². The minimum Gasteiger partial charge on any atom is -0.399 e. The van der Waals surface area contributed by atoms with Gasteiger partial charge in [0.25, 0.3) is 5.56 Å². The van der Waals surface area contributed by atoms with Crippen LogP contribution in [0.25, 0.3) is 5.69 Å². The van der Waals surface area contributed by atoms with Crippen LogP contribution < -0.4 is 11.3 Å². The number of allylic oxidation sites excluding steroid dienone is 1. The van der Waals surface area contributed by atoms with Crippen molar-refractivity contribution in [3.8, 4) is 5.69 Å². The van der Waals surface area contributed by atoms with Crippen LogP contribution in [-0.2, 0) is 6.42 Å². The number of nitrogens with zero attached hydrogens (tertiary/aromatic N) is 1. The third-order valence-corrected chi connectivity index (χ3v) is 2.69. The van der Waals surface area contributed by atoms with E-state index in [1.54, 1.807) is 18.2 Å². The Balaban J connectivity index is 2.53. The number of aryl methyl sites for hydroxylation is 1. The molecule has 0 saturated heterocycles. The van der Waals surface area contributed by atoms with Crippen LogP contribution >= 0.6 is 0 Å². The molecule has 0 bridgehead atoms. The zero-order chi connectivity index (χ0) is 12.4. The second-order valence-electron chi connectivity index (χ2n) is 3.94. The highest BCUT2D eigenvalue weighted by atomic mass is 16.1. The van der Waals surface area contributed by atoms with Crippen molar-refractivity contribution in [3.63, 3.8) is 0 Å². The van der Waals surface area contributed by atoms with Crippen molar-refractivity contribution in [2.45, 2.75) is 13.3 Å². The summed E-state index contributed by atoms with van der Waals surface area (Å²) >= 11 is 0. The number of hydrogen-bond donors (Lipinski definition) is 2. The molecule has 0 atom stereocenters. The van der Waals surface area contributed by atoms with Crippen molar-refractivity contribution in [3.05, 3.63) is 58.5 Å². The largest absolute Gasteiger partial charge is 0.399 e. The Kier molecular flexibility index (Phi) is 2.87. The van der Waals surface area contributed by atoms with Gasteiger partial charge in [0, 0.05) is 16.9 Å². The van der Waals surface area contributed by atoms with Gasteiger partial charge in [0.2, 0.25) is 0 Å². The molecule has 0 saturated carbocycles. The first kappa shape index (κ1) is 11.3. The highest BCUT2D eigenvalue weighted by Gasteiger charge is 2.10. The lowest BCUT2D eigenvalue weighted by atomic mass is 10.2. The molecule has 0 radical (unpaired) electrons. The number of nitrogen functional groups attached to an aromatic ring is 1. The Morgan fingerprint density at radius 3 is 2.65 bits per heavy atom. The van der Waals surface area contributed by atoms with Gasteiger partial charge in [-0.3, -0.25) is 9.89 Å². The number of aromatic amines is 1. The van der Waals surface area contributed by atoms with Crippen LogP contribution in [0.3, 0.4) is 0 Å². The summed E-state index contributed by atoms with van der Waals surface area (Å²) in [5, 5.41) is 3.05. The van der Waals surface area contributed by atoms with E-state index in [0.29, 0.717) is 12.1 Å². The topological polar surface area (TPSA) is 63.8 Å². The number of hydrogen-bond acceptors (Lipinski definition) is 2. The highest BCUT2D eigenvalue weighted by Crippen LogP contribution is 2.10. The van der Waals surface area contributed by atoms with Gasteiger partial charge in [-0.05, 0) is 37.6 Å². The first-order valence-electron chi connectivity index (χ1n) is 5.41. The van der Waals surface area contributed by atoms with Crippen molar-refractivity contribution in [1.82, 2.24) is 9.78 Å². The van der Waals surface area contributed by atoms with Crippen LogP contribution in [-0.4, -0.2) is 9.78 Å². The van der Waals surface area contributed by atoms with Crippen LogP contribution in [0.5, 0.6) is 0 Å². The fourth-order valence-electron chi connectivity index (χ4n) is 1.77. The fraction of sp³-hybridized carbons (Fsp3) is 0.154. The molecule has 4 heteroatoms. The quantitative estimate of drug-likeness (QED) is 0.622. The molecule has 2 aromatic rings. The van der Waals surface area contributed by atoms with Gasteiger partial charge in [0.05, 0.1) is 5.69 Å². The molecule has 0 aliphatic rings. The van der Waals surface area contributed by atoms with Gasteiger partial charge in [0.1, 0.15) is 0 Å². The Bertz CT molecular complexity index is 590. The van der Waals surface area contributed by atoms with E-state index in [0.717, 1.165) is 16.9 Å². The highest BCUT2D eigenvalue weighted by molar-refractivity contribution is 5.45. The molecule has 0 fully saturated rings. The number of nitrogens with two attached hydrogens (primary N) is 1. The summed E-state index contributed by atoms with van der Waals surface area (Å²) in [5.74, 6) is 0. The molecule has 1 aromatic heterocycles. The van der Waals surface area contributed by atoms with Crippen LogP contribution in [0.1, 0.15) is 11.3 Å². The lowest BCUT2D eigenvalue weighted by molar-refractivity contribution is 0.835. The molecule has 4 nitrogen and oxygen atoms in total. The van der Waals surface area contributed by atoms with E-state index >= 15 is 0 Å². The first-order chi connectivity index (χ1) is 8.13. The molecule has 88 valence electrons. The van der Waals surface area contributed by atoms with E-state index in [2.05, 4.69) is 11.7 Å². The predicted molar refractivity (Wildman–Crippen MR) is 69.4 cm³/mol. The standard InChI is InChI=1S/C13H15N3O/c1-3-4-12-9(2)15-16(13(12)17)11-7-5-10(14)6-8-11/h3,5-8,15H,1,4,14H2,2H3. The Morgan fingerprint density at radius 1 is 1.41 bits per heavy atom. The lowest BCUT2D eigenvalue weighted by Gasteiger charge is -2.01. The van der Waals surface area contributed by atoms with Gasteiger partial charge in [-0.15, -0.1) is 6.58 Å². The van der Waals surface area contributed by atoms with Gasteiger partial charge in [0.15, 0.2) is 0 Å². The Hall–Kier alpha value is -2.23. The lowest BCUT2D eigenvalue weighted by Crippen LogP contribution is -2.17. The van der Waals surface area contributed by atoms with Crippen molar-refractivity contribution in [2.75, 3.05) is 5.73 Å². The second kappa shape index (κ2) is 4.33. The third-order valence-electron chi connectivity index (χ3n) is 2.69. The van der Waals surface area contributed by atoms with E-state index < -0.39 is 0 Å². The molecule has 1 heterocycles. The molecule has 0 amide bonds. The average molecular weight is 229 g/mol. The first-order valence-corrected chi connectivity index (χ1v) is 5.41. The minimum absolute atomic E-state index is 0.0350. The van der Waals surface area contributed by atoms with Gasteiger partial charge >= 0.3 is 0 Å². The van der Waals surface area contributed by atoms with E-state index in [-0.39, 0.29) is 5.56 Å². The van der Waals surface area contributed by atoms with Gasteiger partial charge in [-0.1, -0.05) is 6.08 Å². The zero-order valence-corrected chi connectivity index (χ0v) is 9.73. The van der Waals surface area contributed by atoms with Crippen LogP contribution in [0.4, 0.5) is 5.69 Å². The smallest absolute Gasteiger partial charge is 0.274 e. The number of rotatable bonds is 3. The summed E-state index contributed by atoms with van der Waals surface area (Å²) in [7, 11) is 0. The average Bonchev–Trinajstić information content (AvgIpc) is 2.59. The maximum atomic E-state index is 12.1.